The lowest BCUT2D eigenvalue weighted by molar-refractivity contribution is -0.247. The van der Waals surface area contributed by atoms with Crippen molar-refractivity contribution in [2.45, 2.75) is 67.8 Å². The van der Waals surface area contributed by atoms with Crippen molar-refractivity contribution < 1.29 is 19.7 Å². The summed E-state index contributed by atoms with van der Waals surface area (Å²) >= 11 is 0. The number of fused-ring (bicyclic) bond motifs is 1. The van der Waals surface area contributed by atoms with E-state index in [1.807, 2.05) is 13.0 Å². The molecule has 2 aromatic carbocycles. The van der Waals surface area contributed by atoms with E-state index in [0.717, 1.165) is 32.2 Å². The molecule has 2 N–H and O–H groups in total. The zero-order chi connectivity index (χ0) is 24.2. The van der Waals surface area contributed by atoms with Gasteiger partial charge in [-0.1, -0.05) is 48.6 Å². The molecular weight excluding hydrogens is 438 g/mol. The summed E-state index contributed by atoms with van der Waals surface area (Å²) in [5.41, 5.74) is 1.61. The summed E-state index contributed by atoms with van der Waals surface area (Å²) in [6, 6.07) is 14.6. The van der Waals surface area contributed by atoms with Gasteiger partial charge in [-0.2, -0.15) is 0 Å². The highest BCUT2D eigenvalue weighted by Gasteiger charge is 2.80. The number of nitrogens with zero attached hydrogens (tertiary/aromatic N) is 1. The van der Waals surface area contributed by atoms with Gasteiger partial charge in [0.25, 0.3) is 0 Å². The molecule has 4 bridgehead atoms. The molecule has 2 aliphatic heterocycles. The largest absolute Gasteiger partial charge is 0.504 e. The van der Waals surface area contributed by atoms with Crippen LogP contribution >= 0.6 is 0 Å². The number of piperidine rings is 1. The van der Waals surface area contributed by atoms with E-state index in [2.05, 4.69) is 54.4 Å². The fourth-order valence-corrected chi connectivity index (χ4v) is 8.98. The number of ether oxygens (including phenoxy) is 2. The Labute approximate surface area is 207 Å². The molecule has 0 amide bonds. The Morgan fingerprint density at radius 2 is 1.97 bits per heavy atom. The Morgan fingerprint density at radius 3 is 2.74 bits per heavy atom. The van der Waals surface area contributed by atoms with Gasteiger partial charge in [0.15, 0.2) is 11.5 Å². The molecule has 5 nitrogen and oxygen atoms in total. The number of aliphatic hydroxyl groups is 1. The third-order valence-corrected chi connectivity index (χ3v) is 10.6. The summed E-state index contributed by atoms with van der Waals surface area (Å²) in [6.45, 7) is 2.98. The van der Waals surface area contributed by atoms with E-state index in [-0.39, 0.29) is 28.6 Å². The van der Waals surface area contributed by atoms with Crippen LogP contribution < -0.4 is 4.74 Å². The van der Waals surface area contributed by atoms with Crippen molar-refractivity contribution in [3.05, 3.63) is 71.3 Å². The van der Waals surface area contributed by atoms with E-state index in [4.69, 9.17) is 9.47 Å². The Morgan fingerprint density at radius 1 is 1.17 bits per heavy atom. The first-order chi connectivity index (χ1) is 16.8. The summed E-state index contributed by atoms with van der Waals surface area (Å²) in [5.74, 6) is 0.742. The van der Waals surface area contributed by atoms with Crippen molar-refractivity contribution in [1.82, 2.24) is 4.90 Å². The summed E-state index contributed by atoms with van der Waals surface area (Å²) in [6.07, 6.45) is 8.58. The van der Waals surface area contributed by atoms with Crippen LogP contribution in [0.2, 0.25) is 0 Å². The molecule has 35 heavy (non-hydrogen) atoms. The minimum atomic E-state index is -0.946. The van der Waals surface area contributed by atoms with Crippen molar-refractivity contribution in [3.8, 4) is 11.5 Å². The highest BCUT2D eigenvalue weighted by atomic mass is 16.6. The van der Waals surface area contributed by atoms with Crippen LogP contribution in [-0.2, 0) is 23.0 Å². The van der Waals surface area contributed by atoms with Crippen LogP contribution in [0.4, 0.5) is 0 Å². The van der Waals surface area contributed by atoms with Gasteiger partial charge in [0.2, 0.25) is 0 Å². The Balaban J connectivity index is 1.38. The molecule has 2 spiro atoms. The maximum absolute atomic E-state index is 12.1. The third kappa shape index (κ3) is 2.45. The number of aryl methyl sites for hydroxylation is 1. The Kier molecular flexibility index (Phi) is 4.32. The van der Waals surface area contributed by atoms with Crippen molar-refractivity contribution >= 4 is 0 Å². The first kappa shape index (κ1) is 21.9. The number of methoxy groups -OCH3 is 1. The van der Waals surface area contributed by atoms with Gasteiger partial charge in [-0.05, 0) is 69.8 Å². The predicted octanol–water partition coefficient (Wildman–Crippen LogP) is 4.00. The molecule has 5 heteroatoms. The van der Waals surface area contributed by atoms with Crippen molar-refractivity contribution in [2.75, 3.05) is 20.7 Å². The first-order valence-electron chi connectivity index (χ1n) is 13.0. The quantitative estimate of drug-likeness (QED) is 0.643. The van der Waals surface area contributed by atoms with E-state index in [1.165, 1.54) is 16.7 Å². The first-order valence-corrected chi connectivity index (χ1v) is 13.0. The minimum Gasteiger partial charge on any atom is -0.504 e. The molecule has 0 aromatic heterocycles. The lowest BCUT2D eigenvalue weighted by Gasteiger charge is -2.72. The molecule has 6 aliphatic rings. The fourth-order valence-electron chi connectivity index (χ4n) is 8.98. The Bertz CT molecular complexity index is 1220. The van der Waals surface area contributed by atoms with Crippen LogP contribution in [0.1, 0.15) is 42.9 Å². The van der Waals surface area contributed by atoms with Crippen molar-refractivity contribution in [1.29, 1.82) is 0 Å². The molecule has 0 unspecified atom stereocenters. The maximum atomic E-state index is 12.1. The molecule has 7 atom stereocenters. The van der Waals surface area contributed by atoms with Crippen molar-refractivity contribution in [2.24, 2.45) is 11.3 Å². The van der Waals surface area contributed by atoms with E-state index < -0.39 is 11.2 Å². The third-order valence-electron chi connectivity index (χ3n) is 10.6. The summed E-state index contributed by atoms with van der Waals surface area (Å²) in [7, 11) is 4.01. The molecule has 2 aromatic rings. The molecule has 2 fully saturated rings. The maximum Gasteiger partial charge on any atom is 0.165 e. The minimum absolute atomic E-state index is 0.126. The Hall–Kier alpha value is -2.34. The van der Waals surface area contributed by atoms with Crippen LogP contribution in [0.3, 0.4) is 0 Å². The molecule has 2 heterocycles. The molecule has 4 aliphatic carbocycles. The second-order valence-electron chi connectivity index (χ2n) is 11.9. The second-order valence-corrected chi connectivity index (χ2v) is 11.9. The molecular formula is C30H35NO4. The molecule has 1 saturated carbocycles. The van der Waals surface area contributed by atoms with Gasteiger partial charge in [-0.25, -0.2) is 0 Å². The lowest BCUT2D eigenvalue weighted by atomic mass is 9.36. The summed E-state index contributed by atoms with van der Waals surface area (Å²) < 4.78 is 13.3. The standard InChI is InChI=1S/C30H35NO4/c1-27(33,12-11-19-7-5-4-6-8-19)22-18-28-13-14-30(22,34-3)26-29(28)15-16-31(2)23(28)17-20-9-10-21(32)25(35-26)24(20)29/h4-10,13-14,22-23,26,32-33H,11-12,15-18H2,1-3H3/t22-,23-,26-,27-,28-,29+,30-/m1/s1. The number of phenols is 1. The van der Waals surface area contributed by atoms with Crippen LogP contribution in [0.25, 0.3) is 0 Å². The fraction of sp³-hybridized carbons (Fsp3) is 0.533. The topological polar surface area (TPSA) is 62.2 Å². The zero-order valence-electron chi connectivity index (χ0n) is 20.8. The van der Waals surface area contributed by atoms with Gasteiger partial charge in [-0.15, -0.1) is 0 Å². The van der Waals surface area contributed by atoms with Gasteiger partial charge in [0, 0.05) is 30.0 Å². The highest BCUT2D eigenvalue weighted by molar-refractivity contribution is 5.65. The highest BCUT2D eigenvalue weighted by Crippen LogP contribution is 2.75. The number of rotatable bonds is 5. The number of hydrogen-bond donors (Lipinski definition) is 2. The average Bonchev–Trinajstić information content (AvgIpc) is 3.24. The van der Waals surface area contributed by atoms with Gasteiger partial charge in [0.05, 0.1) is 11.0 Å². The van der Waals surface area contributed by atoms with Crippen molar-refractivity contribution in [3.63, 3.8) is 0 Å². The second kappa shape index (κ2) is 6.90. The van der Waals surface area contributed by atoms with Gasteiger partial charge >= 0.3 is 0 Å². The SMILES string of the molecule is CO[C@]12C=C[C@@]3(C[C@@H]1[C@](C)(O)CCc1ccccc1)[C@H]1Cc4ccc(O)c5c4[C@@]3(CCN1C)[C@H]2O5. The lowest BCUT2D eigenvalue weighted by Crippen LogP contribution is -2.80. The summed E-state index contributed by atoms with van der Waals surface area (Å²) in [5, 5.41) is 23.0. The average molecular weight is 474 g/mol. The monoisotopic (exact) mass is 473 g/mol. The number of aromatic hydroxyl groups is 1. The van der Waals surface area contributed by atoms with Gasteiger partial charge < -0.3 is 24.6 Å². The van der Waals surface area contributed by atoms with E-state index in [1.54, 1.807) is 13.2 Å². The molecule has 184 valence electrons. The zero-order valence-corrected chi connectivity index (χ0v) is 20.8. The van der Waals surface area contributed by atoms with E-state index in [0.29, 0.717) is 18.2 Å². The molecule has 1 saturated heterocycles. The predicted molar refractivity (Wildman–Crippen MR) is 134 cm³/mol. The number of hydrogen-bond acceptors (Lipinski definition) is 5. The smallest absolute Gasteiger partial charge is 0.165 e. The normalized spacial score (nSPS) is 39.7. The summed E-state index contributed by atoms with van der Waals surface area (Å²) in [4.78, 5) is 2.52. The number of phenolic OH excluding ortho intramolecular Hbond substituents is 1. The molecule has 8 rings (SSSR count). The van der Waals surface area contributed by atoms with E-state index in [9.17, 15) is 10.2 Å². The number of benzene rings is 2. The number of likely N-dealkylation sites (tertiary alicyclic amines) is 1. The van der Waals surface area contributed by atoms with E-state index >= 15 is 0 Å². The molecule has 0 radical (unpaired) electrons. The van der Waals surface area contributed by atoms with Gasteiger partial charge in [0.1, 0.15) is 11.7 Å². The van der Waals surface area contributed by atoms with Crippen LogP contribution in [0, 0.1) is 11.3 Å². The van der Waals surface area contributed by atoms with Crippen LogP contribution in [0.5, 0.6) is 11.5 Å². The van der Waals surface area contributed by atoms with Crippen LogP contribution in [0.15, 0.2) is 54.6 Å². The number of likely N-dealkylation sites (N-methyl/N-ethyl adjacent to an activating group) is 1. The van der Waals surface area contributed by atoms with Gasteiger partial charge in [-0.3, -0.25) is 0 Å². The van der Waals surface area contributed by atoms with Crippen LogP contribution in [-0.4, -0.2) is 59.2 Å².